The van der Waals surface area contributed by atoms with E-state index in [9.17, 15) is 4.39 Å². The highest BCUT2D eigenvalue weighted by Gasteiger charge is 2.43. The summed E-state index contributed by atoms with van der Waals surface area (Å²) in [5.74, 6) is 2.14. The van der Waals surface area contributed by atoms with E-state index in [-0.39, 0.29) is 6.17 Å². The second-order valence-electron chi connectivity index (χ2n) is 8.75. The van der Waals surface area contributed by atoms with Gasteiger partial charge in [0.2, 0.25) is 0 Å². The van der Waals surface area contributed by atoms with Crippen molar-refractivity contribution in [3.8, 4) is 0 Å². The van der Waals surface area contributed by atoms with E-state index in [2.05, 4.69) is 42.7 Å². The zero-order valence-corrected chi connectivity index (χ0v) is 16.1. The maximum Gasteiger partial charge on any atom is 0.113 e. The minimum Gasteiger partial charge on any atom is -0.355 e. The lowest BCUT2D eigenvalue weighted by atomic mass is 9.86. The van der Waals surface area contributed by atoms with Gasteiger partial charge >= 0.3 is 0 Å². The van der Waals surface area contributed by atoms with Crippen LogP contribution in [-0.2, 0) is 0 Å². The highest BCUT2D eigenvalue weighted by atomic mass is 19.1. The van der Waals surface area contributed by atoms with Gasteiger partial charge in [-0.1, -0.05) is 0 Å². The van der Waals surface area contributed by atoms with Gasteiger partial charge in [0.1, 0.15) is 12.0 Å². The van der Waals surface area contributed by atoms with Gasteiger partial charge in [0, 0.05) is 50.6 Å². The molecule has 0 spiro atoms. The fraction of sp³-hybridized carbons (Fsp3) is 0.895. The number of piperidine rings is 1. The first-order valence-corrected chi connectivity index (χ1v) is 10.8. The molecule has 6 atom stereocenters. The number of halogens is 1. The predicted molar refractivity (Wildman–Crippen MR) is 103 cm³/mol. The molecule has 5 unspecified atom stereocenters. The Bertz CT molecular complexity index is 558. The number of fused-ring (bicyclic) bond motifs is 5. The molecule has 2 bridgehead atoms. The Morgan fingerprint density at radius 3 is 3.00 bits per heavy atom. The lowest BCUT2D eigenvalue weighted by Crippen LogP contribution is -2.61. The van der Waals surface area contributed by atoms with Gasteiger partial charge in [0.25, 0.3) is 0 Å². The highest BCUT2D eigenvalue weighted by Crippen LogP contribution is 2.34. The Labute approximate surface area is 161 Å². The topological polar surface area (TPSA) is 66.6 Å². The van der Waals surface area contributed by atoms with Gasteiger partial charge in [0.05, 0.1) is 12.3 Å². The van der Waals surface area contributed by atoms with Crippen molar-refractivity contribution in [3.05, 3.63) is 11.9 Å². The zero-order valence-electron chi connectivity index (χ0n) is 16.1. The van der Waals surface area contributed by atoms with Gasteiger partial charge in [-0.15, -0.1) is 0 Å². The van der Waals surface area contributed by atoms with Crippen LogP contribution in [0.25, 0.3) is 0 Å². The van der Waals surface area contributed by atoms with Crippen molar-refractivity contribution in [2.45, 2.75) is 50.2 Å². The molecule has 5 aliphatic rings. The minimum atomic E-state index is -0.733. The van der Waals surface area contributed by atoms with Gasteiger partial charge in [-0.25, -0.2) is 9.40 Å². The number of nitrogens with zero attached hydrogens (tertiary/aromatic N) is 2. The summed E-state index contributed by atoms with van der Waals surface area (Å²) in [6, 6.07) is 0.410. The molecule has 5 heterocycles. The van der Waals surface area contributed by atoms with Crippen molar-refractivity contribution in [1.82, 2.24) is 36.6 Å². The van der Waals surface area contributed by atoms with Crippen LogP contribution in [0, 0.1) is 11.8 Å². The quantitative estimate of drug-likeness (QED) is 0.389. The molecule has 0 aromatic rings. The van der Waals surface area contributed by atoms with E-state index < -0.39 is 6.17 Å². The van der Waals surface area contributed by atoms with Gasteiger partial charge in [0.15, 0.2) is 0 Å². The molecule has 5 rings (SSSR count). The average Bonchev–Trinajstić information content (AvgIpc) is 3.31. The third kappa shape index (κ3) is 3.58. The lowest BCUT2D eigenvalue weighted by molar-refractivity contribution is 0.0756. The van der Waals surface area contributed by atoms with Crippen molar-refractivity contribution in [1.29, 1.82) is 0 Å². The van der Waals surface area contributed by atoms with Crippen LogP contribution in [0.4, 0.5) is 4.39 Å². The summed E-state index contributed by atoms with van der Waals surface area (Å²) in [5.41, 5.74) is 3.55. The van der Waals surface area contributed by atoms with Gasteiger partial charge in [-0.3, -0.25) is 10.7 Å². The van der Waals surface area contributed by atoms with Crippen LogP contribution in [0.15, 0.2) is 11.9 Å². The van der Waals surface area contributed by atoms with Crippen LogP contribution in [0.3, 0.4) is 0 Å². The summed E-state index contributed by atoms with van der Waals surface area (Å²) in [6.45, 7) is 6.54. The van der Waals surface area contributed by atoms with Gasteiger partial charge < -0.3 is 20.9 Å². The Hall–Kier alpha value is -0.930. The molecule has 0 aromatic heterocycles. The molecule has 4 fully saturated rings. The van der Waals surface area contributed by atoms with Crippen molar-refractivity contribution >= 4 is 0 Å². The van der Waals surface area contributed by atoms with Crippen molar-refractivity contribution in [3.63, 3.8) is 0 Å². The number of nitrogens with one attached hydrogen (secondary N) is 5. The normalized spacial score (nSPS) is 43.3. The fourth-order valence-electron chi connectivity index (χ4n) is 5.67. The SMILES string of the molecule is FC1CNC2NCCCNCC3CNN4CC=C(NC34)N3CCC[C@@H]3C2C1. The summed E-state index contributed by atoms with van der Waals surface area (Å²) in [6.07, 6.45) is 6.26. The predicted octanol–water partition coefficient (Wildman–Crippen LogP) is -0.485. The largest absolute Gasteiger partial charge is 0.355 e. The Kier molecular flexibility index (Phi) is 5.26. The molecule has 7 nitrogen and oxygen atoms in total. The van der Waals surface area contributed by atoms with Gasteiger partial charge in [-0.05, 0) is 44.8 Å². The third-order valence-corrected chi connectivity index (χ3v) is 7.04. The first-order valence-electron chi connectivity index (χ1n) is 10.8. The van der Waals surface area contributed by atoms with Gasteiger partial charge in [-0.2, -0.15) is 0 Å². The van der Waals surface area contributed by atoms with Crippen LogP contribution in [0.2, 0.25) is 0 Å². The van der Waals surface area contributed by atoms with E-state index >= 15 is 0 Å². The molecule has 0 aliphatic carbocycles. The Morgan fingerprint density at radius 2 is 2.04 bits per heavy atom. The molecule has 152 valence electrons. The number of hydrogen-bond donors (Lipinski definition) is 5. The second kappa shape index (κ2) is 7.83. The van der Waals surface area contributed by atoms with E-state index in [1.807, 2.05) is 0 Å². The van der Waals surface area contributed by atoms with Crippen LogP contribution in [0.1, 0.15) is 25.7 Å². The van der Waals surface area contributed by atoms with E-state index in [0.29, 0.717) is 37.0 Å². The van der Waals surface area contributed by atoms with E-state index in [1.54, 1.807) is 0 Å². The summed E-state index contributed by atoms with van der Waals surface area (Å²) in [4.78, 5) is 2.55. The summed E-state index contributed by atoms with van der Waals surface area (Å²) in [5, 5.41) is 16.9. The molecule has 27 heavy (non-hydrogen) atoms. The molecular formula is C19H34FN7. The number of hydrogen-bond acceptors (Lipinski definition) is 7. The molecule has 8 heteroatoms. The van der Waals surface area contributed by atoms with Crippen LogP contribution in [0.5, 0.6) is 0 Å². The van der Waals surface area contributed by atoms with Crippen molar-refractivity contribution in [2.24, 2.45) is 11.8 Å². The smallest absolute Gasteiger partial charge is 0.113 e. The third-order valence-electron chi connectivity index (χ3n) is 7.04. The minimum absolute atomic E-state index is 0.215. The first-order chi connectivity index (χ1) is 13.3. The molecule has 0 saturated carbocycles. The van der Waals surface area contributed by atoms with E-state index in [1.165, 1.54) is 12.2 Å². The molecule has 0 aromatic carbocycles. The Balaban J connectivity index is 1.40. The number of rotatable bonds is 0. The van der Waals surface area contributed by atoms with E-state index in [0.717, 1.165) is 52.1 Å². The number of alkyl halides is 1. The molecule has 0 amide bonds. The zero-order chi connectivity index (χ0) is 18.2. The van der Waals surface area contributed by atoms with E-state index in [4.69, 9.17) is 0 Å². The molecule has 5 aliphatic heterocycles. The van der Waals surface area contributed by atoms with Crippen LogP contribution in [-0.4, -0.2) is 80.3 Å². The number of hydrazine groups is 1. The molecular weight excluding hydrogens is 345 g/mol. The fourth-order valence-corrected chi connectivity index (χ4v) is 5.67. The summed E-state index contributed by atoms with van der Waals surface area (Å²) < 4.78 is 14.3. The second-order valence-corrected chi connectivity index (χ2v) is 8.75. The molecule has 0 radical (unpaired) electrons. The summed E-state index contributed by atoms with van der Waals surface area (Å²) in [7, 11) is 0. The van der Waals surface area contributed by atoms with Crippen LogP contribution >= 0.6 is 0 Å². The lowest BCUT2D eigenvalue weighted by Gasteiger charge is -2.45. The van der Waals surface area contributed by atoms with Crippen LogP contribution < -0.4 is 26.7 Å². The average molecular weight is 380 g/mol. The highest BCUT2D eigenvalue weighted by molar-refractivity contribution is 5.12. The Morgan fingerprint density at radius 1 is 1.07 bits per heavy atom. The molecule has 5 N–H and O–H groups in total. The standard InChI is InChI=1S/C19H34FN7/c20-14-9-15-16-3-1-7-26(16)17-4-8-27-19(25-17)13(11-24-27)10-21-5-2-6-22-18(15)23-12-14/h4,13-16,18-19,21-25H,1-3,5-12H2/t13?,14?,15?,16-,18?,19?/m1/s1. The maximum atomic E-state index is 14.3. The molecule has 4 saturated heterocycles. The first kappa shape index (κ1) is 18.1. The monoisotopic (exact) mass is 379 g/mol. The summed E-state index contributed by atoms with van der Waals surface area (Å²) >= 11 is 0. The van der Waals surface area contributed by atoms with Crippen molar-refractivity contribution in [2.75, 3.05) is 45.8 Å². The van der Waals surface area contributed by atoms with Crippen molar-refractivity contribution < 1.29 is 4.39 Å². The maximum absolute atomic E-state index is 14.3.